The van der Waals surface area contributed by atoms with Gasteiger partial charge in [-0.1, -0.05) is 0 Å². The highest BCUT2D eigenvalue weighted by Crippen LogP contribution is 2.47. The first-order chi connectivity index (χ1) is 12.7. The molecular formula is C18H20N4O4. The summed E-state index contributed by atoms with van der Waals surface area (Å²) in [6.45, 7) is 0. The molecule has 0 unspecified atom stereocenters. The molecule has 1 atom stereocenters. The molecule has 0 amide bonds. The minimum absolute atomic E-state index is 0.113. The van der Waals surface area contributed by atoms with Crippen molar-refractivity contribution in [3.63, 3.8) is 0 Å². The normalized spacial score (nSPS) is 18.7. The number of Topliss-reactive ketones (excluding diaryl/α,β-unsaturated/α-hetero) is 1. The minimum Gasteiger partial charge on any atom is -0.493 e. The summed E-state index contributed by atoms with van der Waals surface area (Å²) in [5.41, 5.74) is 2.39. The van der Waals surface area contributed by atoms with E-state index in [-0.39, 0.29) is 5.78 Å². The summed E-state index contributed by atoms with van der Waals surface area (Å²) in [5, 5.41) is 7.59. The summed E-state index contributed by atoms with van der Waals surface area (Å²) in [6, 6.07) is 3.27. The molecule has 0 spiro atoms. The number of aromatic nitrogens is 3. The molecular weight excluding hydrogens is 336 g/mol. The Hall–Kier alpha value is -3.03. The Balaban J connectivity index is 1.97. The lowest BCUT2D eigenvalue weighted by atomic mass is 9.85. The SMILES string of the molecule is COc1ccc([C@H]2C3=C(CCCC3=O)Nc3ncnn32)c(OC)c1OC. The van der Waals surface area contributed by atoms with Crippen LogP contribution in [-0.2, 0) is 4.79 Å². The maximum absolute atomic E-state index is 12.8. The third-order valence-electron chi connectivity index (χ3n) is 4.84. The zero-order chi connectivity index (χ0) is 18.3. The number of allylic oxidation sites excluding steroid dienone is 2. The van der Waals surface area contributed by atoms with Gasteiger partial charge in [0, 0.05) is 23.3 Å². The Kier molecular flexibility index (Phi) is 4.02. The smallest absolute Gasteiger partial charge is 0.226 e. The lowest BCUT2D eigenvalue weighted by Gasteiger charge is -2.33. The average molecular weight is 356 g/mol. The molecule has 8 heteroatoms. The Morgan fingerprint density at radius 2 is 1.92 bits per heavy atom. The van der Waals surface area contributed by atoms with E-state index in [1.165, 1.54) is 6.33 Å². The van der Waals surface area contributed by atoms with E-state index in [9.17, 15) is 4.79 Å². The van der Waals surface area contributed by atoms with Gasteiger partial charge in [-0.25, -0.2) is 4.68 Å². The maximum Gasteiger partial charge on any atom is 0.226 e. The molecule has 1 N–H and O–H groups in total. The van der Waals surface area contributed by atoms with Crippen LogP contribution < -0.4 is 19.5 Å². The molecule has 0 saturated carbocycles. The van der Waals surface area contributed by atoms with Gasteiger partial charge in [0.05, 0.1) is 21.3 Å². The number of rotatable bonds is 4. The molecule has 1 aromatic heterocycles. The maximum atomic E-state index is 12.8. The van der Waals surface area contributed by atoms with Gasteiger partial charge in [-0.2, -0.15) is 10.1 Å². The van der Waals surface area contributed by atoms with Crippen LogP contribution in [0.25, 0.3) is 0 Å². The fourth-order valence-corrected chi connectivity index (χ4v) is 3.72. The Morgan fingerprint density at radius 3 is 2.65 bits per heavy atom. The van der Waals surface area contributed by atoms with Crippen molar-refractivity contribution < 1.29 is 19.0 Å². The van der Waals surface area contributed by atoms with Crippen LogP contribution in [0.2, 0.25) is 0 Å². The number of benzene rings is 1. The zero-order valence-corrected chi connectivity index (χ0v) is 14.9. The fraction of sp³-hybridized carbons (Fsp3) is 0.389. The van der Waals surface area contributed by atoms with Crippen molar-refractivity contribution in [1.82, 2.24) is 14.8 Å². The second-order valence-corrected chi connectivity index (χ2v) is 6.15. The van der Waals surface area contributed by atoms with Gasteiger partial charge in [0.15, 0.2) is 17.3 Å². The van der Waals surface area contributed by atoms with E-state index in [2.05, 4.69) is 15.4 Å². The van der Waals surface area contributed by atoms with Crippen molar-refractivity contribution in [2.45, 2.75) is 25.3 Å². The number of hydrogen-bond donors (Lipinski definition) is 1. The van der Waals surface area contributed by atoms with Gasteiger partial charge in [0.2, 0.25) is 11.7 Å². The molecule has 8 nitrogen and oxygen atoms in total. The zero-order valence-electron chi connectivity index (χ0n) is 14.9. The second kappa shape index (κ2) is 6.36. The first-order valence-electron chi connectivity index (χ1n) is 8.41. The van der Waals surface area contributed by atoms with Crippen LogP contribution in [0.15, 0.2) is 29.7 Å². The van der Waals surface area contributed by atoms with Crippen molar-refractivity contribution in [3.8, 4) is 17.2 Å². The van der Waals surface area contributed by atoms with Crippen molar-refractivity contribution in [3.05, 3.63) is 35.3 Å². The molecule has 136 valence electrons. The highest BCUT2D eigenvalue weighted by Gasteiger charge is 2.38. The van der Waals surface area contributed by atoms with Crippen LogP contribution in [0.1, 0.15) is 30.9 Å². The average Bonchev–Trinajstić information content (AvgIpc) is 3.13. The lowest BCUT2D eigenvalue weighted by Crippen LogP contribution is -2.31. The van der Waals surface area contributed by atoms with Crippen LogP contribution in [0.5, 0.6) is 17.2 Å². The summed E-state index contributed by atoms with van der Waals surface area (Å²) < 4.78 is 18.2. The van der Waals surface area contributed by atoms with Crippen LogP contribution in [0, 0.1) is 0 Å². The summed E-state index contributed by atoms with van der Waals surface area (Å²) in [7, 11) is 4.70. The van der Waals surface area contributed by atoms with E-state index in [1.807, 2.05) is 12.1 Å². The number of anilines is 1. The predicted molar refractivity (Wildman–Crippen MR) is 93.8 cm³/mol. The second-order valence-electron chi connectivity index (χ2n) is 6.15. The quantitative estimate of drug-likeness (QED) is 0.899. The van der Waals surface area contributed by atoms with E-state index >= 15 is 0 Å². The van der Waals surface area contributed by atoms with Crippen LogP contribution >= 0.6 is 0 Å². The van der Waals surface area contributed by atoms with E-state index < -0.39 is 6.04 Å². The van der Waals surface area contributed by atoms with Crippen molar-refractivity contribution in [2.75, 3.05) is 26.6 Å². The highest BCUT2D eigenvalue weighted by molar-refractivity contribution is 5.99. The largest absolute Gasteiger partial charge is 0.493 e. The molecule has 26 heavy (non-hydrogen) atoms. The van der Waals surface area contributed by atoms with E-state index in [0.29, 0.717) is 35.2 Å². The molecule has 0 bridgehead atoms. The fourth-order valence-electron chi connectivity index (χ4n) is 3.72. The molecule has 2 aromatic rings. The molecule has 1 aromatic carbocycles. The lowest BCUT2D eigenvalue weighted by molar-refractivity contribution is -0.116. The van der Waals surface area contributed by atoms with Gasteiger partial charge in [-0.3, -0.25) is 4.79 Å². The monoisotopic (exact) mass is 356 g/mol. The summed E-state index contributed by atoms with van der Waals surface area (Å²) >= 11 is 0. The minimum atomic E-state index is -0.425. The molecule has 2 aliphatic rings. The molecule has 4 rings (SSSR count). The number of methoxy groups -OCH3 is 3. The van der Waals surface area contributed by atoms with Crippen LogP contribution in [0.3, 0.4) is 0 Å². The Morgan fingerprint density at radius 1 is 1.12 bits per heavy atom. The van der Waals surface area contributed by atoms with Crippen molar-refractivity contribution >= 4 is 11.7 Å². The first kappa shape index (κ1) is 16.4. The third kappa shape index (κ3) is 2.33. The van der Waals surface area contributed by atoms with Gasteiger partial charge < -0.3 is 19.5 Å². The summed E-state index contributed by atoms with van der Waals surface area (Å²) in [6.07, 6.45) is 3.64. The topological polar surface area (TPSA) is 87.5 Å². The van der Waals surface area contributed by atoms with Gasteiger partial charge in [-0.15, -0.1) is 0 Å². The number of ketones is 1. The van der Waals surface area contributed by atoms with Gasteiger partial charge in [0.1, 0.15) is 12.4 Å². The summed E-state index contributed by atoms with van der Waals surface area (Å²) in [5.74, 6) is 2.29. The van der Waals surface area contributed by atoms with Crippen molar-refractivity contribution in [1.29, 1.82) is 0 Å². The third-order valence-corrected chi connectivity index (χ3v) is 4.84. The van der Waals surface area contributed by atoms with Gasteiger partial charge in [-0.05, 0) is 25.0 Å². The van der Waals surface area contributed by atoms with Crippen LogP contribution in [-0.4, -0.2) is 41.9 Å². The molecule has 0 saturated heterocycles. The molecule has 1 aliphatic heterocycles. The Bertz CT molecular complexity index is 903. The molecule has 0 radical (unpaired) electrons. The highest BCUT2D eigenvalue weighted by atomic mass is 16.5. The number of nitrogens with one attached hydrogen (secondary N) is 1. The van der Waals surface area contributed by atoms with Gasteiger partial charge in [0.25, 0.3) is 0 Å². The van der Waals surface area contributed by atoms with E-state index in [4.69, 9.17) is 14.2 Å². The number of fused-ring (bicyclic) bond motifs is 1. The van der Waals surface area contributed by atoms with Crippen LogP contribution in [0.4, 0.5) is 5.95 Å². The molecule has 0 fully saturated rings. The molecule has 1 aliphatic carbocycles. The predicted octanol–water partition coefficient (Wildman–Crippen LogP) is 2.33. The summed E-state index contributed by atoms with van der Waals surface area (Å²) in [4.78, 5) is 17.0. The van der Waals surface area contributed by atoms with Crippen molar-refractivity contribution in [2.24, 2.45) is 0 Å². The number of ether oxygens (including phenoxy) is 3. The standard InChI is InChI=1S/C18H20N4O4/c1-24-13-8-7-10(16(25-2)17(13)26-3)15-14-11(5-4-6-12(14)23)21-18-19-9-20-22(15)18/h7-9,15H,4-6H2,1-3H3,(H,19,20,21)/t15-/m0/s1. The number of carbonyl (C=O) groups is 1. The Labute approximate surface area is 150 Å². The molecule has 2 heterocycles. The number of carbonyl (C=O) groups excluding carboxylic acids is 1. The first-order valence-corrected chi connectivity index (χ1v) is 8.41. The van der Waals surface area contributed by atoms with E-state index in [1.54, 1.807) is 26.0 Å². The number of hydrogen-bond acceptors (Lipinski definition) is 7. The van der Waals surface area contributed by atoms with E-state index in [0.717, 1.165) is 24.1 Å². The number of nitrogens with zero attached hydrogens (tertiary/aromatic N) is 3. The van der Waals surface area contributed by atoms with Gasteiger partial charge >= 0.3 is 0 Å².